The monoisotopic (exact) mass is 266 g/mol. The van der Waals surface area contributed by atoms with E-state index in [0.717, 1.165) is 11.3 Å². The molecule has 0 unspecified atom stereocenters. The van der Waals surface area contributed by atoms with Gasteiger partial charge in [0.25, 0.3) is 0 Å². The number of hydrogen-bond acceptors (Lipinski definition) is 4. The van der Waals surface area contributed by atoms with E-state index in [0.29, 0.717) is 18.0 Å². The molecule has 20 heavy (non-hydrogen) atoms. The van der Waals surface area contributed by atoms with Gasteiger partial charge in [-0.3, -0.25) is 0 Å². The van der Waals surface area contributed by atoms with Crippen molar-refractivity contribution in [2.75, 3.05) is 11.9 Å². The van der Waals surface area contributed by atoms with Crippen LogP contribution in [0, 0.1) is 22.7 Å². The molecular formula is C15H14N4O. The summed E-state index contributed by atoms with van der Waals surface area (Å²) < 4.78 is 7.04. The zero-order valence-electron chi connectivity index (χ0n) is 11.1. The molecule has 1 heterocycles. The summed E-state index contributed by atoms with van der Waals surface area (Å²) in [5.41, 5.74) is 2.57. The number of hydrogen-bond donors (Lipinski definition) is 1. The number of nitriles is 2. The number of benzene rings is 1. The second kappa shape index (κ2) is 6.31. The molecule has 2 rings (SSSR count). The number of ether oxygens (including phenoxy) is 1. The molecule has 0 aliphatic heterocycles. The van der Waals surface area contributed by atoms with Gasteiger partial charge in [-0.25, -0.2) is 0 Å². The molecule has 0 amide bonds. The van der Waals surface area contributed by atoms with Crippen LogP contribution in [-0.2, 0) is 13.6 Å². The fourth-order valence-corrected chi connectivity index (χ4v) is 1.86. The third kappa shape index (κ3) is 3.30. The van der Waals surface area contributed by atoms with Crippen molar-refractivity contribution in [3.8, 4) is 17.9 Å². The average Bonchev–Trinajstić information content (AvgIpc) is 2.83. The van der Waals surface area contributed by atoms with Gasteiger partial charge in [-0.15, -0.1) is 0 Å². The van der Waals surface area contributed by atoms with E-state index in [4.69, 9.17) is 15.3 Å². The van der Waals surface area contributed by atoms with Gasteiger partial charge in [-0.1, -0.05) is 6.07 Å². The maximum atomic E-state index is 8.90. The zero-order valence-corrected chi connectivity index (χ0v) is 11.1. The lowest BCUT2D eigenvalue weighted by molar-refractivity contribution is 0.368. The van der Waals surface area contributed by atoms with Crippen LogP contribution in [0.1, 0.15) is 11.3 Å². The number of rotatable bonds is 5. The molecule has 1 aromatic heterocycles. The van der Waals surface area contributed by atoms with Gasteiger partial charge in [-0.05, 0) is 23.8 Å². The quantitative estimate of drug-likeness (QED) is 0.901. The summed E-state index contributed by atoms with van der Waals surface area (Å²) in [6.45, 7) is 0.658. The molecule has 1 aromatic carbocycles. The highest BCUT2D eigenvalue weighted by molar-refractivity contribution is 5.48. The molecule has 0 aliphatic rings. The topological polar surface area (TPSA) is 73.8 Å². The molecule has 1 N–H and O–H groups in total. The van der Waals surface area contributed by atoms with Crippen molar-refractivity contribution in [1.82, 2.24) is 4.57 Å². The number of nitrogens with zero attached hydrogens (tertiary/aromatic N) is 3. The summed E-state index contributed by atoms with van der Waals surface area (Å²) in [6.07, 6.45) is 1.92. The SMILES string of the molecule is Cn1cc(CNc2cccc(OCC#N)c2)cc1C#N. The molecule has 5 nitrogen and oxygen atoms in total. The summed E-state index contributed by atoms with van der Waals surface area (Å²) >= 11 is 0. The molecule has 0 spiro atoms. The first-order valence-electron chi connectivity index (χ1n) is 6.12. The predicted octanol–water partition coefficient (Wildman–Crippen LogP) is 2.41. The Kier molecular flexibility index (Phi) is 4.26. The van der Waals surface area contributed by atoms with Gasteiger partial charge in [-0.2, -0.15) is 10.5 Å². The van der Waals surface area contributed by atoms with Gasteiger partial charge in [0.2, 0.25) is 0 Å². The second-order valence-electron chi connectivity index (χ2n) is 4.28. The van der Waals surface area contributed by atoms with E-state index in [1.54, 1.807) is 10.6 Å². The Morgan fingerprint density at radius 3 is 2.85 bits per heavy atom. The van der Waals surface area contributed by atoms with E-state index in [9.17, 15) is 0 Å². The van der Waals surface area contributed by atoms with E-state index >= 15 is 0 Å². The molecule has 0 bridgehead atoms. The number of anilines is 1. The molecule has 2 aromatic rings. The fourth-order valence-electron chi connectivity index (χ4n) is 1.86. The Bertz CT molecular complexity index is 676. The second-order valence-corrected chi connectivity index (χ2v) is 4.28. The van der Waals surface area contributed by atoms with Crippen LogP contribution in [0.2, 0.25) is 0 Å². The van der Waals surface area contributed by atoms with Crippen LogP contribution < -0.4 is 10.1 Å². The summed E-state index contributed by atoms with van der Waals surface area (Å²) in [6, 6.07) is 13.3. The molecule has 0 saturated carbocycles. The van der Waals surface area contributed by atoms with Crippen LogP contribution in [0.5, 0.6) is 5.75 Å². The van der Waals surface area contributed by atoms with Gasteiger partial charge in [0.15, 0.2) is 6.61 Å². The van der Waals surface area contributed by atoms with Crippen LogP contribution in [-0.4, -0.2) is 11.2 Å². The molecule has 0 fully saturated rings. The van der Waals surface area contributed by atoms with Crippen LogP contribution in [0.4, 0.5) is 5.69 Å². The van der Waals surface area contributed by atoms with Crippen LogP contribution in [0.3, 0.4) is 0 Å². The smallest absolute Gasteiger partial charge is 0.174 e. The minimum Gasteiger partial charge on any atom is -0.479 e. The van der Waals surface area contributed by atoms with Gasteiger partial charge in [0.05, 0.1) is 0 Å². The van der Waals surface area contributed by atoms with Crippen molar-refractivity contribution in [3.05, 3.63) is 47.8 Å². The van der Waals surface area contributed by atoms with Crippen molar-refractivity contribution in [2.24, 2.45) is 7.05 Å². The van der Waals surface area contributed by atoms with E-state index < -0.39 is 0 Å². The summed E-state index contributed by atoms with van der Waals surface area (Å²) in [5, 5.41) is 20.6. The Hall–Kier alpha value is -2.92. The van der Waals surface area contributed by atoms with E-state index in [1.807, 2.05) is 43.6 Å². The van der Waals surface area contributed by atoms with E-state index in [-0.39, 0.29) is 6.61 Å². The first kappa shape index (κ1) is 13.5. The first-order chi connectivity index (χ1) is 9.72. The van der Waals surface area contributed by atoms with Gasteiger partial charge in [0.1, 0.15) is 23.6 Å². The van der Waals surface area contributed by atoms with Crippen LogP contribution >= 0.6 is 0 Å². The highest BCUT2D eigenvalue weighted by Crippen LogP contribution is 2.18. The molecule has 100 valence electrons. The minimum absolute atomic E-state index is 0.0354. The molecular weight excluding hydrogens is 252 g/mol. The Labute approximate surface area is 117 Å². The molecule has 0 saturated heterocycles. The number of nitrogens with one attached hydrogen (secondary N) is 1. The Morgan fingerprint density at radius 2 is 2.15 bits per heavy atom. The normalized spacial score (nSPS) is 9.55. The predicted molar refractivity (Wildman–Crippen MR) is 75.0 cm³/mol. The average molecular weight is 266 g/mol. The molecule has 0 atom stereocenters. The van der Waals surface area contributed by atoms with Crippen molar-refractivity contribution in [3.63, 3.8) is 0 Å². The summed E-state index contributed by atoms with van der Waals surface area (Å²) in [5.74, 6) is 0.655. The standard InChI is InChI=1S/C15H14N4O/c1-19-11-12(7-14(19)9-17)10-18-13-3-2-4-15(8-13)20-6-5-16/h2-4,7-8,11,18H,6,10H2,1H3. The highest BCUT2D eigenvalue weighted by atomic mass is 16.5. The fraction of sp³-hybridized carbons (Fsp3) is 0.200. The Balaban J connectivity index is 2.00. The van der Waals surface area contributed by atoms with Gasteiger partial charge < -0.3 is 14.6 Å². The Morgan fingerprint density at radius 1 is 1.30 bits per heavy atom. The largest absolute Gasteiger partial charge is 0.479 e. The van der Waals surface area contributed by atoms with Crippen LogP contribution in [0.15, 0.2) is 36.5 Å². The third-order valence-corrected chi connectivity index (χ3v) is 2.81. The van der Waals surface area contributed by atoms with Crippen molar-refractivity contribution < 1.29 is 4.74 Å². The molecule has 5 heteroatoms. The zero-order chi connectivity index (χ0) is 14.4. The maximum absolute atomic E-state index is 8.90. The summed E-state index contributed by atoms with van der Waals surface area (Å²) in [4.78, 5) is 0. The van der Waals surface area contributed by atoms with Crippen molar-refractivity contribution >= 4 is 5.69 Å². The lowest BCUT2D eigenvalue weighted by Gasteiger charge is -2.07. The molecule has 0 radical (unpaired) electrons. The lowest BCUT2D eigenvalue weighted by atomic mass is 10.2. The lowest BCUT2D eigenvalue weighted by Crippen LogP contribution is -1.99. The third-order valence-electron chi connectivity index (χ3n) is 2.81. The molecule has 0 aliphatic carbocycles. The van der Waals surface area contributed by atoms with Gasteiger partial charge in [0, 0.05) is 31.5 Å². The van der Waals surface area contributed by atoms with Crippen molar-refractivity contribution in [1.29, 1.82) is 10.5 Å². The van der Waals surface area contributed by atoms with Gasteiger partial charge >= 0.3 is 0 Å². The highest BCUT2D eigenvalue weighted by Gasteiger charge is 2.02. The van der Waals surface area contributed by atoms with E-state index in [1.165, 1.54) is 0 Å². The minimum atomic E-state index is 0.0354. The van der Waals surface area contributed by atoms with Crippen molar-refractivity contribution in [2.45, 2.75) is 6.54 Å². The first-order valence-corrected chi connectivity index (χ1v) is 6.12. The maximum Gasteiger partial charge on any atom is 0.174 e. The number of aryl methyl sites for hydroxylation is 1. The number of aromatic nitrogens is 1. The summed E-state index contributed by atoms with van der Waals surface area (Å²) in [7, 11) is 1.85. The van der Waals surface area contributed by atoms with Crippen LogP contribution in [0.25, 0.3) is 0 Å². The van der Waals surface area contributed by atoms with E-state index in [2.05, 4.69) is 11.4 Å².